The molecule has 0 aromatic carbocycles. The van der Waals surface area contributed by atoms with Crippen LogP contribution in [0.3, 0.4) is 0 Å². The number of nitrogens with zero attached hydrogens (tertiary/aromatic N) is 5. The SMILES string of the molecule is CN(C)CCn1ncc(Br)c1C(N)c1cn[nH]n1. The molecule has 3 N–H and O–H groups in total. The molecule has 0 aliphatic rings. The fourth-order valence-corrected chi connectivity index (χ4v) is 2.20. The Morgan fingerprint density at radius 1 is 1.50 bits per heavy atom. The van der Waals surface area contributed by atoms with E-state index >= 15 is 0 Å². The lowest BCUT2D eigenvalue weighted by Gasteiger charge is -2.15. The number of nitrogens with one attached hydrogen (secondary N) is 1. The van der Waals surface area contributed by atoms with Gasteiger partial charge in [0.05, 0.1) is 35.1 Å². The van der Waals surface area contributed by atoms with Crippen molar-refractivity contribution in [1.29, 1.82) is 0 Å². The number of aromatic nitrogens is 5. The van der Waals surface area contributed by atoms with E-state index in [1.54, 1.807) is 12.4 Å². The summed E-state index contributed by atoms with van der Waals surface area (Å²) < 4.78 is 2.78. The van der Waals surface area contributed by atoms with Crippen molar-refractivity contribution in [2.24, 2.45) is 5.73 Å². The molecule has 0 aliphatic heterocycles. The van der Waals surface area contributed by atoms with Gasteiger partial charge in [0.1, 0.15) is 5.69 Å². The van der Waals surface area contributed by atoms with Crippen molar-refractivity contribution < 1.29 is 0 Å². The van der Waals surface area contributed by atoms with E-state index in [1.165, 1.54) is 0 Å². The van der Waals surface area contributed by atoms with E-state index in [1.807, 2.05) is 18.8 Å². The zero-order valence-corrected chi connectivity index (χ0v) is 11.9. The lowest BCUT2D eigenvalue weighted by atomic mass is 10.1. The molecule has 1 unspecified atom stereocenters. The molecule has 8 heteroatoms. The van der Waals surface area contributed by atoms with Gasteiger partial charge >= 0.3 is 0 Å². The van der Waals surface area contributed by atoms with Crippen LogP contribution in [-0.2, 0) is 6.54 Å². The summed E-state index contributed by atoms with van der Waals surface area (Å²) in [5, 5.41) is 14.7. The van der Waals surface area contributed by atoms with Gasteiger partial charge in [0.15, 0.2) is 0 Å². The maximum absolute atomic E-state index is 6.19. The standard InChI is InChI=1S/C10H16BrN7/c1-17(2)3-4-18-10(7(11)5-14-18)9(12)8-6-13-16-15-8/h5-6,9H,3-4,12H2,1-2H3,(H,13,15,16). The predicted molar refractivity (Wildman–Crippen MR) is 70.9 cm³/mol. The number of H-pyrrole nitrogens is 1. The molecule has 2 rings (SSSR count). The number of hydrogen-bond donors (Lipinski definition) is 2. The number of rotatable bonds is 5. The Morgan fingerprint density at radius 3 is 2.89 bits per heavy atom. The van der Waals surface area contributed by atoms with Crippen LogP contribution in [-0.4, -0.2) is 50.7 Å². The zero-order valence-electron chi connectivity index (χ0n) is 10.3. The molecule has 0 spiro atoms. The van der Waals surface area contributed by atoms with Crippen molar-refractivity contribution in [3.63, 3.8) is 0 Å². The molecule has 98 valence electrons. The first-order valence-corrected chi connectivity index (χ1v) is 6.36. The monoisotopic (exact) mass is 313 g/mol. The van der Waals surface area contributed by atoms with Gasteiger partial charge in [-0.2, -0.15) is 20.5 Å². The summed E-state index contributed by atoms with van der Waals surface area (Å²) in [5.74, 6) is 0. The third kappa shape index (κ3) is 2.77. The first-order chi connectivity index (χ1) is 8.59. The van der Waals surface area contributed by atoms with Gasteiger partial charge in [0, 0.05) is 6.54 Å². The van der Waals surface area contributed by atoms with Gasteiger partial charge in [-0.25, -0.2) is 0 Å². The van der Waals surface area contributed by atoms with Crippen LogP contribution in [0.1, 0.15) is 17.4 Å². The van der Waals surface area contributed by atoms with E-state index in [0.717, 1.165) is 23.3 Å². The molecule has 0 saturated carbocycles. The van der Waals surface area contributed by atoms with Crippen molar-refractivity contribution in [3.8, 4) is 0 Å². The molecule has 0 fully saturated rings. The minimum atomic E-state index is -0.345. The smallest absolute Gasteiger partial charge is 0.105 e. The van der Waals surface area contributed by atoms with E-state index in [2.05, 4.69) is 41.3 Å². The molecule has 7 nitrogen and oxygen atoms in total. The number of halogens is 1. The van der Waals surface area contributed by atoms with E-state index in [-0.39, 0.29) is 6.04 Å². The Balaban J connectivity index is 2.23. The number of nitrogens with two attached hydrogens (primary N) is 1. The maximum Gasteiger partial charge on any atom is 0.105 e. The predicted octanol–water partition coefficient (Wildman–Crippen LogP) is 0.373. The molecular formula is C10H16BrN7. The molecule has 0 amide bonds. The van der Waals surface area contributed by atoms with Crippen molar-refractivity contribution in [3.05, 3.63) is 28.3 Å². The van der Waals surface area contributed by atoms with Gasteiger partial charge < -0.3 is 10.6 Å². The maximum atomic E-state index is 6.19. The third-order valence-electron chi connectivity index (χ3n) is 2.64. The Kier molecular flexibility index (Phi) is 4.10. The first kappa shape index (κ1) is 13.2. The minimum absolute atomic E-state index is 0.345. The summed E-state index contributed by atoms with van der Waals surface area (Å²) in [5.41, 5.74) is 7.79. The molecule has 0 saturated heterocycles. The molecule has 2 aromatic rings. The number of hydrogen-bond acceptors (Lipinski definition) is 5. The summed E-state index contributed by atoms with van der Waals surface area (Å²) in [7, 11) is 4.05. The van der Waals surface area contributed by atoms with Crippen LogP contribution in [0.4, 0.5) is 0 Å². The molecule has 0 radical (unpaired) electrons. The van der Waals surface area contributed by atoms with E-state index in [0.29, 0.717) is 5.69 Å². The second kappa shape index (κ2) is 5.59. The molecule has 0 aliphatic carbocycles. The molecule has 18 heavy (non-hydrogen) atoms. The molecule has 1 atom stereocenters. The summed E-state index contributed by atoms with van der Waals surface area (Å²) in [6, 6.07) is -0.345. The average Bonchev–Trinajstić information content (AvgIpc) is 2.94. The van der Waals surface area contributed by atoms with Crippen LogP contribution in [0.25, 0.3) is 0 Å². The van der Waals surface area contributed by atoms with Gasteiger partial charge in [0.25, 0.3) is 0 Å². The van der Waals surface area contributed by atoms with E-state index in [4.69, 9.17) is 5.73 Å². The highest BCUT2D eigenvalue weighted by atomic mass is 79.9. The molecule has 2 aromatic heterocycles. The van der Waals surface area contributed by atoms with Crippen LogP contribution in [0.2, 0.25) is 0 Å². The van der Waals surface area contributed by atoms with Crippen LogP contribution in [0.15, 0.2) is 16.9 Å². The summed E-state index contributed by atoms with van der Waals surface area (Å²) >= 11 is 3.48. The van der Waals surface area contributed by atoms with Crippen molar-refractivity contribution >= 4 is 15.9 Å². The second-order valence-electron chi connectivity index (χ2n) is 4.28. The highest BCUT2D eigenvalue weighted by Gasteiger charge is 2.20. The first-order valence-electron chi connectivity index (χ1n) is 5.56. The van der Waals surface area contributed by atoms with Gasteiger partial charge in [-0.15, -0.1) is 0 Å². The Hall–Kier alpha value is -1.25. The molecule has 2 heterocycles. The van der Waals surface area contributed by atoms with Crippen LogP contribution >= 0.6 is 15.9 Å². The fraction of sp³-hybridized carbons (Fsp3) is 0.500. The number of aromatic amines is 1. The zero-order chi connectivity index (χ0) is 13.1. The largest absolute Gasteiger partial charge is 0.318 e. The fourth-order valence-electron chi connectivity index (χ4n) is 1.65. The van der Waals surface area contributed by atoms with Crippen LogP contribution in [0.5, 0.6) is 0 Å². The third-order valence-corrected chi connectivity index (χ3v) is 3.25. The lowest BCUT2D eigenvalue weighted by molar-refractivity contribution is 0.367. The van der Waals surface area contributed by atoms with Crippen molar-refractivity contribution in [2.75, 3.05) is 20.6 Å². The highest BCUT2D eigenvalue weighted by molar-refractivity contribution is 9.10. The quantitative estimate of drug-likeness (QED) is 0.832. The second-order valence-corrected chi connectivity index (χ2v) is 5.13. The Bertz CT molecular complexity index is 490. The topological polar surface area (TPSA) is 88.6 Å². The van der Waals surface area contributed by atoms with Crippen LogP contribution in [0, 0.1) is 0 Å². The van der Waals surface area contributed by atoms with Gasteiger partial charge in [0.2, 0.25) is 0 Å². The molecule has 0 bridgehead atoms. The number of likely N-dealkylation sites (N-methyl/N-ethyl adjacent to an activating group) is 1. The van der Waals surface area contributed by atoms with E-state index < -0.39 is 0 Å². The Labute approximate surface area is 113 Å². The Morgan fingerprint density at radius 2 is 2.28 bits per heavy atom. The summed E-state index contributed by atoms with van der Waals surface area (Å²) in [6.07, 6.45) is 3.38. The van der Waals surface area contributed by atoms with Crippen molar-refractivity contribution in [2.45, 2.75) is 12.6 Å². The minimum Gasteiger partial charge on any atom is -0.318 e. The summed E-state index contributed by atoms with van der Waals surface area (Å²) in [4.78, 5) is 2.10. The van der Waals surface area contributed by atoms with Crippen LogP contribution < -0.4 is 5.73 Å². The van der Waals surface area contributed by atoms with E-state index in [9.17, 15) is 0 Å². The summed E-state index contributed by atoms with van der Waals surface area (Å²) in [6.45, 7) is 1.67. The van der Waals surface area contributed by atoms with Gasteiger partial charge in [-0.05, 0) is 30.0 Å². The average molecular weight is 314 g/mol. The van der Waals surface area contributed by atoms with Crippen molar-refractivity contribution in [1.82, 2.24) is 30.1 Å². The molecular weight excluding hydrogens is 298 g/mol. The van der Waals surface area contributed by atoms with Gasteiger partial charge in [-0.1, -0.05) is 0 Å². The van der Waals surface area contributed by atoms with Gasteiger partial charge in [-0.3, -0.25) is 4.68 Å². The normalized spacial score (nSPS) is 13.2. The lowest BCUT2D eigenvalue weighted by Crippen LogP contribution is -2.23. The highest BCUT2D eigenvalue weighted by Crippen LogP contribution is 2.25.